The summed E-state index contributed by atoms with van der Waals surface area (Å²) < 4.78 is 5.50. The number of hydrogen-bond donors (Lipinski definition) is 0. The zero-order chi connectivity index (χ0) is 21.8. The first-order chi connectivity index (χ1) is 13.5. The van der Waals surface area contributed by atoms with E-state index in [0.717, 1.165) is 18.4 Å². The van der Waals surface area contributed by atoms with Crippen LogP contribution in [0.4, 0.5) is 4.79 Å². The molecule has 2 amide bonds. The van der Waals surface area contributed by atoms with Crippen LogP contribution in [0.25, 0.3) is 0 Å². The lowest BCUT2D eigenvalue weighted by atomic mass is 9.95. The fraction of sp³-hybridized carbons (Fsp3) is 0.667. The van der Waals surface area contributed by atoms with Crippen molar-refractivity contribution in [2.75, 3.05) is 13.1 Å². The number of likely N-dealkylation sites (tertiary alicyclic amines) is 1. The minimum absolute atomic E-state index is 0.101. The molecule has 162 valence electrons. The molecule has 0 spiro atoms. The Balaban J connectivity index is 2.06. The molecule has 5 nitrogen and oxygen atoms in total. The van der Waals surface area contributed by atoms with E-state index in [1.54, 1.807) is 4.90 Å². The third-order valence-electron chi connectivity index (χ3n) is 5.33. The summed E-state index contributed by atoms with van der Waals surface area (Å²) >= 11 is 0. The van der Waals surface area contributed by atoms with Gasteiger partial charge in [0.2, 0.25) is 5.91 Å². The maximum Gasteiger partial charge on any atom is 0.410 e. The first kappa shape index (κ1) is 23.2. The summed E-state index contributed by atoms with van der Waals surface area (Å²) in [6.45, 7) is 15.7. The van der Waals surface area contributed by atoms with Crippen LogP contribution in [-0.4, -0.2) is 46.5 Å². The van der Waals surface area contributed by atoms with Crippen LogP contribution in [0.5, 0.6) is 0 Å². The fourth-order valence-electron chi connectivity index (χ4n) is 3.63. The first-order valence-corrected chi connectivity index (χ1v) is 10.8. The van der Waals surface area contributed by atoms with Crippen LogP contribution in [0, 0.1) is 5.92 Å². The van der Waals surface area contributed by atoms with Crippen molar-refractivity contribution >= 4 is 12.0 Å². The molecule has 0 aromatic heterocycles. The van der Waals surface area contributed by atoms with Gasteiger partial charge in [-0.15, -0.1) is 0 Å². The lowest BCUT2D eigenvalue weighted by molar-refractivity contribution is -0.139. The van der Waals surface area contributed by atoms with Crippen molar-refractivity contribution in [1.82, 2.24) is 9.80 Å². The van der Waals surface area contributed by atoms with E-state index in [1.165, 1.54) is 5.56 Å². The number of carbonyl (C=O) groups is 2. The van der Waals surface area contributed by atoms with Crippen LogP contribution in [0.3, 0.4) is 0 Å². The Morgan fingerprint density at radius 2 is 1.76 bits per heavy atom. The van der Waals surface area contributed by atoms with Gasteiger partial charge >= 0.3 is 6.09 Å². The maximum absolute atomic E-state index is 13.3. The van der Waals surface area contributed by atoms with E-state index in [-0.39, 0.29) is 24.0 Å². The highest BCUT2D eigenvalue weighted by atomic mass is 16.6. The molecule has 0 saturated carbocycles. The third kappa shape index (κ3) is 6.76. The maximum atomic E-state index is 13.3. The number of nitrogens with zero attached hydrogens (tertiary/aromatic N) is 2. The molecular weight excluding hydrogens is 364 g/mol. The predicted octanol–water partition coefficient (Wildman–Crippen LogP) is 5.19. The minimum Gasteiger partial charge on any atom is -0.444 e. The average molecular weight is 403 g/mol. The topological polar surface area (TPSA) is 49.9 Å². The number of rotatable bonds is 5. The smallest absolute Gasteiger partial charge is 0.410 e. The Hall–Kier alpha value is -2.04. The largest absolute Gasteiger partial charge is 0.444 e. The summed E-state index contributed by atoms with van der Waals surface area (Å²) in [4.78, 5) is 29.4. The molecule has 2 rings (SSSR count). The molecule has 0 radical (unpaired) electrons. The number of piperidine rings is 1. The molecule has 5 heteroatoms. The van der Waals surface area contributed by atoms with Crippen LogP contribution in [0.2, 0.25) is 0 Å². The van der Waals surface area contributed by atoms with E-state index >= 15 is 0 Å². The number of carbonyl (C=O) groups excluding carboxylic acids is 2. The standard InChI is InChI=1S/C24H38N2O3/c1-17(2)20-12-10-19(11-13-20)15-26(18(3)4)22(27)21-9-8-14-25(16-21)23(28)29-24(5,6)7/h10-13,17-18,21H,8-9,14-16H2,1-7H3/t21-/m1/s1. The van der Waals surface area contributed by atoms with Crippen LogP contribution >= 0.6 is 0 Å². The fourth-order valence-corrected chi connectivity index (χ4v) is 3.63. The molecule has 1 heterocycles. The van der Waals surface area contributed by atoms with Crippen LogP contribution in [0.15, 0.2) is 24.3 Å². The van der Waals surface area contributed by atoms with Crippen LogP contribution in [-0.2, 0) is 16.1 Å². The van der Waals surface area contributed by atoms with Crippen molar-refractivity contribution in [2.45, 2.75) is 85.4 Å². The molecule has 1 aromatic rings. The van der Waals surface area contributed by atoms with Gasteiger partial charge in [-0.3, -0.25) is 4.79 Å². The Morgan fingerprint density at radius 1 is 1.14 bits per heavy atom. The SMILES string of the molecule is CC(C)c1ccc(CN(C(=O)[C@@H]2CCCN(C(=O)OC(C)(C)C)C2)C(C)C)cc1. The van der Waals surface area contributed by atoms with E-state index < -0.39 is 5.60 Å². The van der Waals surface area contributed by atoms with Crippen molar-refractivity contribution in [3.05, 3.63) is 35.4 Å². The Kier molecular flexibility index (Phi) is 7.73. The average Bonchev–Trinajstić information content (AvgIpc) is 2.64. The van der Waals surface area contributed by atoms with Gasteiger partial charge in [-0.1, -0.05) is 38.1 Å². The highest BCUT2D eigenvalue weighted by molar-refractivity contribution is 5.80. The molecule has 0 aliphatic carbocycles. The molecule has 0 bridgehead atoms. The molecule has 1 aromatic carbocycles. The second-order valence-corrected chi connectivity index (χ2v) is 9.72. The summed E-state index contributed by atoms with van der Waals surface area (Å²) in [6, 6.07) is 8.63. The molecule has 0 unspecified atom stereocenters. The van der Waals surface area contributed by atoms with Gasteiger partial charge < -0.3 is 14.5 Å². The summed E-state index contributed by atoms with van der Waals surface area (Å²) in [5.41, 5.74) is 1.91. The normalized spacial score (nSPS) is 17.6. The van der Waals surface area contributed by atoms with Crippen molar-refractivity contribution in [2.24, 2.45) is 5.92 Å². The van der Waals surface area contributed by atoms with Gasteiger partial charge in [-0.05, 0) is 64.5 Å². The van der Waals surface area contributed by atoms with Crippen LogP contribution in [0.1, 0.15) is 78.4 Å². The van der Waals surface area contributed by atoms with Gasteiger partial charge in [-0.2, -0.15) is 0 Å². The highest BCUT2D eigenvalue weighted by Crippen LogP contribution is 2.24. The van der Waals surface area contributed by atoms with E-state index in [1.807, 2.05) is 25.7 Å². The predicted molar refractivity (Wildman–Crippen MR) is 117 cm³/mol. The second kappa shape index (κ2) is 9.64. The second-order valence-electron chi connectivity index (χ2n) is 9.72. The van der Waals surface area contributed by atoms with Gasteiger partial charge in [0.1, 0.15) is 5.60 Å². The monoisotopic (exact) mass is 402 g/mol. The highest BCUT2D eigenvalue weighted by Gasteiger charge is 2.33. The van der Waals surface area contributed by atoms with Crippen LogP contribution < -0.4 is 0 Å². The van der Waals surface area contributed by atoms with Crippen molar-refractivity contribution in [3.63, 3.8) is 0 Å². The molecule has 0 N–H and O–H groups in total. The lowest BCUT2D eigenvalue weighted by Gasteiger charge is -2.37. The molecule has 1 fully saturated rings. The van der Waals surface area contributed by atoms with Crippen molar-refractivity contribution in [3.8, 4) is 0 Å². The van der Waals surface area contributed by atoms with E-state index in [2.05, 4.69) is 52.0 Å². The van der Waals surface area contributed by atoms with E-state index in [4.69, 9.17) is 4.74 Å². The van der Waals surface area contributed by atoms with Gasteiger partial charge in [0, 0.05) is 25.7 Å². The molecule has 1 atom stereocenters. The summed E-state index contributed by atoms with van der Waals surface area (Å²) in [6.07, 6.45) is 1.31. The van der Waals surface area contributed by atoms with Gasteiger partial charge in [0.05, 0.1) is 5.92 Å². The summed E-state index contributed by atoms with van der Waals surface area (Å²) in [7, 11) is 0. The van der Waals surface area contributed by atoms with Gasteiger partial charge in [-0.25, -0.2) is 4.79 Å². The first-order valence-electron chi connectivity index (χ1n) is 10.8. The Labute approximate surface area is 176 Å². The van der Waals surface area contributed by atoms with Crippen molar-refractivity contribution < 1.29 is 14.3 Å². The molecule has 1 aliphatic rings. The third-order valence-corrected chi connectivity index (χ3v) is 5.33. The zero-order valence-corrected chi connectivity index (χ0v) is 19.2. The lowest BCUT2D eigenvalue weighted by Crippen LogP contribution is -2.49. The number of amides is 2. The number of benzene rings is 1. The molecule has 1 aliphatic heterocycles. The molecule has 29 heavy (non-hydrogen) atoms. The van der Waals surface area contributed by atoms with Gasteiger partial charge in [0.25, 0.3) is 0 Å². The number of ether oxygens (including phenoxy) is 1. The van der Waals surface area contributed by atoms with E-state index in [0.29, 0.717) is 25.6 Å². The number of hydrogen-bond acceptors (Lipinski definition) is 3. The van der Waals surface area contributed by atoms with Crippen molar-refractivity contribution in [1.29, 1.82) is 0 Å². The molecular formula is C24H38N2O3. The summed E-state index contributed by atoms with van der Waals surface area (Å²) in [5, 5.41) is 0. The Morgan fingerprint density at radius 3 is 2.28 bits per heavy atom. The summed E-state index contributed by atoms with van der Waals surface area (Å²) in [5.74, 6) is 0.447. The Bertz CT molecular complexity index is 689. The van der Waals surface area contributed by atoms with E-state index in [9.17, 15) is 9.59 Å². The van der Waals surface area contributed by atoms with Gasteiger partial charge in [0.15, 0.2) is 0 Å². The zero-order valence-electron chi connectivity index (χ0n) is 19.2. The minimum atomic E-state index is -0.528. The molecule has 1 saturated heterocycles. The quantitative estimate of drug-likeness (QED) is 0.681.